The van der Waals surface area contributed by atoms with Crippen molar-refractivity contribution in [2.24, 2.45) is 0 Å². The van der Waals surface area contributed by atoms with E-state index in [9.17, 15) is 9.90 Å². The molecule has 0 unspecified atom stereocenters. The fraction of sp³-hybridized carbons (Fsp3) is 0.368. The number of aryl methyl sites for hydroxylation is 1. The van der Waals surface area contributed by atoms with Gasteiger partial charge in [0.25, 0.3) is 5.91 Å². The Labute approximate surface area is 162 Å². The van der Waals surface area contributed by atoms with Crippen LogP contribution in [0.5, 0.6) is 0 Å². The predicted octanol–water partition coefficient (Wildman–Crippen LogP) is 2.50. The van der Waals surface area contributed by atoms with Gasteiger partial charge in [0, 0.05) is 12.1 Å². The fourth-order valence-electron chi connectivity index (χ4n) is 2.88. The standard InChI is InChI=1S/C19H23N5O2S/c1-3-18(12-25)23(10-16-8-9-27-13-16)19(26)17-6-4-15(5-7-17)11-24-14(2)20-21-22-24/h4-9,13,18,25H,3,10-12H2,1-2H3/t18-/m1/s1. The van der Waals surface area contributed by atoms with Gasteiger partial charge >= 0.3 is 0 Å². The first-order valence-electron chi connectivity index (χ1n) is 8.87. The molecule has 1 atom stereocenters. The monoisotopic (exact) mass is 385 g/mol. The lowest BCUT2D eigenvalue weighted by Crippen LogP contribution is -2.41. The summed E-state index contributed by atoms with van der Waals surface area (Å²) < 4.78 is 1.71. The van der Waals surface area contributed by atoms with Crippen molar-refractivity contribution in [3.05, 3.63) is 63.6 Å². The van der Waals surface area contributed by atoms with E-state index >= 15 is 0 Å². The Hall–Kier alpha value is -2.58. The van der Waals surface area contributed by atoms with E-state index in [4.69, 9.17) is 0 Å². The highest BCUT2D eigenvalue weighted by atomic mass is 32.1. The average Bonchev–Trinajstić information content (AvgIpc) is 3.34. The summed E-state index contributed by atoms with van der Waals surface area (Å²) in [6.07, 6.45) is 0.697. The van der Waals surface area contributed by atoms with Crippen LogP contribution in [-0.2, 0) is 13.1 Å². The Balaban J connectivity index is 1.77. The first-order chi connectivity index (χ1) is 13.1. The van der Waals surface area contributed by atoms with Gasteiger partial charge in [-0.3, -0.25) is 4.79 Å². The summed E-state index contributed by atoms with van der Waals surface area (Å²) in [6.45, 7) is 4.82. The van der Waals surface area contributed by atoms with Crippen LogP contribution in [0.2, 0.25) is 0 Å². The van der Waals surface area contributed by atoms with Gasteiger partial charge in [0.2, 0.25) is 0 Å². The molecule has 0 saturated carbocycles. The van der Waals surface area contributed by atoms with E-state index < -0.39 is 0 Å². The van der Waals surface area contributed by atoms with Crippen LogP contribution in [0, 0.1) is 6.92 Å². The Morgan fingerprint density at radius 2 is 2.04 bits per heavy atom. The highest BCUT2D eigenvalue weighted by Crippen LogP contribution is 2.18. The molecule has 0 bridgehead atoms. The molecular formula is C19H23N5O2S. The van der Waals surface area contributed by atoms with Crippen LogP contribution in [0.4, 0.5) is 0 Å². The molecule has 0 aliphatic heterocycles. The second kappa shape index (κ2) is 8.88. The number of hydrogen-bond acceptors (Lipinski definition) is 6. The number of aromatic nitrogens is 4. The Morgan fingerprint density at radius 3 is 2.59 bits per heavy atom. The molecule has 0 spiro atoms. The van der Waals surface area contributed by atoms with Crippen molar-refractivity contribution in [3.8, 4) is 0 Å². The molecule has 7 nitrogen and oxygen atoms in total. The molecule has 0 radical (unpaired) electrons. The van der Waals surface area contributed by atoms with Crippen LogP contribution < -0.4 is 0 Å². The molecule has 8 heteroatoms. The van der Waals surface area contributed by atoms with Crippen LogP contribution in [0.25, 0.3) is 0 Å². The van der Waals surface area contributed by atoms with Gasteiger partial charge in [-0.15, -0.1) is 5.10 Å². The Morgan fingerprint density at radius 1 is 1.26 bits per heavy atom. The minimum atomic E-state index is -0.207. The number of carbonyl (C=O) groups excluding carboxylic acids is 1. The quantitative estimate of drug-likeness (QED) is 0.644. The number of thiophene rings is 1. The van der Waals surface area contributed by atoms with Crippen molar-refractivity contribution >= 4 is 17.2 Å². The van der Waals surface area contributed by atoms with Crippen LogP contribution >= 0.6 is 11.3 Å². The topological polar surface area (TPSA) is 84.1 Å². The highest BCUT2D eigenvalue weighted by molar-refractivity contribution is 7.07. The number of aliphatic hydroxyl groups excluding tert-OH is 1. The Kier molecular flexibility index (Phi) is 6.31. The van der Waals surface area contributed by atoms with Crippen molar-refractivity contribution in [2.75, 3.05) is 6.61 Å². The molecule has 27 heavy (non-hydrogen) atoms. The zero-order valence-electron chi connectivity index (χ0n) is 15.4. The van der Waals surface area contributed by atoms with Crippen molar-refractivity contribution in [1.29, 1.82) is 0 Å². The van der Waals surface area contributed by atoms with Gasteiger partial charge in [-0.05, 0) is 63.9 Å². The second-order valence-corrected chi connectivity index (χ2v) is 7.17. The van der Waals surface area contributed by atoms with Gasteiger partial charge in [0.15, 0.2) is 0 Å². The van der Waals surface area contributed by atoms with Crippen LogP contribution in [0.15, 0.2) is 41.1 Å². The largest absolute Gasteiger partial charge is 0.394 e. The molecule has 1 N–H and O–H groups in total. The average molecular weight is 385 g/mol. The number of amides is 1. The summed E-state index contributed by atoms with van der Waals surface area (Å²) in [5, 5.41) is 25.2. The third-order valence-electron chi connectivity index (χ3n) is 4.56. The smallest absolute Gasteiger partial charge is 0.254 e. The minimum absolute atomic E-state index is 0.0525. The third-order valence-corrected chi connectivity index (χ3v) is 5.29. The minimum Gasteiger partial charge on any atom is -0.394 e. The van der Waals surface area contributed by atoms with Crippen molar-refractivity contribution in [1.82, 2.24) is 25.1 Å². The maximum absolute atomic E-state index is 13.1. The number of aliphatic hydroxyl groups is 1. The molecular weight excluding hydrogens is 362 g/mol. The molecule has 2 heterocycles. The third kappa shape index (κ3) is 4.58. The molecule has 0 saturated heterocycles. The van der Waals surface area contributed by atoms with Crippen LogP contribution in [0.1, 0.15) is 40.7 Å². The van der Waals surface area contributed by atoms with Gasteiger partial charge in [-0.25, -0.2) is 4.68 Å². The van der Waals surface area contributed by atoms with E-state index in [0.29, 0.717) is 25.1 Å². The van der Waals surface area contributed by atoms with Crippen LogP contribution in [-0.4, -0.2) is 48.8 Å². The molecule has 3 rings (SSSR count). The molecule has 0 aliphatic carbocycles. The maximum Gasteiger partial charge on any atom is 0.254 e. The molecule has 3 aromatic rings. The fourth-order valence-corrected chi connectivity index (χ4v) is 3.54. The van der Waals surface area contributed by atoms with Gasteiger partial charge < -0.3 is 10.0 Å². The summed E-state index contributed by atoms with van der Waals surface area (Å²) in [6, 6.07) is 9.27. The van der Waals surface area contributed by atoms with Gasteiger partial charge in [-0.2, -0.15) is 11.3 Å². The van der Waals surface area contributed by atoms with E-state index in [1.165, 1.54) is 0 Å². The molecule has 1 aromatic carbocycles. The molecule has 142 valence electrons. The number of hydrogen-bond donors (Lipinski definition) is 1. The van der Waals surface area contributed by atoms with Gasteiger partial charge in [-0.1, -0.05) is 19.1 Å². The predicted molar refractivity (Wildman–Crippen MR) is 103 cm³/mol. The first kappa shape index (κ1) is 19.2. The molecule has 2 aromatic heterocycles. The van der Waals surface area contributed by atoms with Crippen molar-refractivity contribution < 1.29 is 9.90 Å². The summed E-state index contributed by atoms with van der Waals surface area (Å²) in [4.78, 5) is 14.8. The summed E-state index contributed by atoms with van der Waals surface area (Å²) in [5.41, 5.74) is 2.70. The second-order valence-electron chi connectivity index (χ2n) is 6.39. The van der Waals surface area contributed by atoms with Crippen molar-refractivity contribution in [2.45, 2.75) is 39.4 Å². The van der Waals surface area contributed by atoms with Gasteiger partial charge in [0.05, 0.1) is 19.2 Å². The number of benzene rings is 1. The summed E-state index contributed by atoms with van der Waals surface area (Å²) >= 11 is 1.60. The SMILES string of the molecule is CC[C@H](CO)N(Cc1ccsc1)C(=O)c1ccc(Cn2nnnc2C)cc1. The molecule has 0 fully saturated rings. The van der Waals surface area contributed by atoms with E-state index in [0.717, 1.165) is 17.0 Å². The zero-order chi connectivity index (χ0) is 19.2. The summed E-state index contributed by atoms with van der Waals surface area (Å²) in [5.74, 6) is 0.665. The highest BCUT2D eigenvalue weighted by Gasteiger charge is 2.23. The lowest BCUT2D eigenvalue weighted by Gasteiger charge is -2.30. The maximum atomic E-state index is 13.1. The van der Waals surface area contributed by atoms with Gasteiger partial charge in [0.1, 0.15) is 5.82 Å². The Bertz CT molecular complexity index is 857. The zero-order valence-corrected chi connectivity index (χ0v) is 16.3. The van der Waals surface area contributed by atoms with E-state index in [1.54, 1.807) is 20.9 Å². The number of carbonyl (C=O) groups is 1. The van der Waals surface area contributed by atoms with Crippen LogP contribution in [0.3, 0.4) is 0 Å². The summed E-state index contributed by atoms with van der Waals surface area (Å²) in [7, 11) is 0. The number of tetrazole rings is 1. The van der Waals surface area contributed by atoms with E-state index in [2.05, 4.69) is 15.5 Å². The van der Waals surface area contributed by atoms with Crippen molar-refractivity contribution in [3.63, 3.8) is 0 Å². The number of nitrogens with zero attached hydrogens (tertiary/aromatic N) is 5. The number of rotatable bonds is 8. The van der Waals surface area contributed by atoms with E-state index in [-0.39, 0.29) is 18.6 Å². The van der Waals surface area contributed by atoms with E-state index in [1.807, 2.05) is 54.9 Å². The normalized spacial score (nSPS) is 12.1. The molecule has 1 amide bonds. The lowest BCUT2D eigenvalue weighted by atomic mass is 10.1. The molecule has 0 aliphatic rings. The lowest BCUT2D eigenvalue weighted by molar-refractivity contribution is 0.0564. The first-order valence-corrected chi connectivity index (χ1v) is 9.81.